The lowest BCUT2D eigenvalue weighted by Crippen LogP contribution is -1.88. The third kappa shape index (κ3) is 1.77. The number of aromatic nitrogens is 1. The van der Waals surface area contributed by atoms with Crippen molar-refractivity contribution in [2.45, 2.75) is 6.92 Å². The average molecular weight is 168 g/mol. The summed E-state index contributed by atoms with van der Waals surface area (Å²) in [6.07, 6.45) is 7.88. The molecule has 0 amide bonds. The van der Waals surface area contributed by atoms with Crippen molar-refractivity contribution in [2.75, 3.05) is 0 Å². The molecule has 0 atom stereocenters. The molecular weight excluding hydrogens is 158 g/mol. The minimum Gasteiger partial charge on any atom is -0.256 e. The van der Waals surface area contributed by atoms with Gasteiger partial charge in [0.25, 0.3) is 0 Å². The maximum absolute atomic E-state index is 4.25. The summed E-state index contributed by atoms with van der Waals surface area (Å²) in [5.41, 5.74) is 5.21. The molecule has 1 radical (unpaired) electrons. The zero-order valence-corrected chi connectivity index (χ0v) is 7.49. The molecule has 13 heavy (non-hydrogen) atoms. The topological polar surface area (TPSA) is 12.9 Å². The summed E-state index contributed by atoms with van der Waals surface area (Å²) in [6.45, 7) is 2.05. The molecule has 0 aliphatic heterocycles. The number of rotatable bonds is 1. The van der Waals surface area contributed by atoms with Gasteiger partial charge >= 0.3 is 0 Å². The van der Waals surface area contributed by atoms with Crippen molar-refractivity contribution >= 4 is 5.57 Å². The van der Waals surface area contributed by atoms with Crippen molar-refractivity contribution in [3.8, 4) is 0 Å². The molecule has 1 aromatic heterocycles. The Morgan fingerprint density at radius 1 is 1.23 bits per heavy atom. The van der Waals surface area contributed by atoms with Crippen LogP contribution in [0.2, 0.25) is 0 Å². The van der Waals surface area contributed by atoms with Gasteiger partial charge in [-0.1, -0.05) is 19.1 Å². The maximum atomic E-state index is 4.25. The van der Waals surface area contributed by atoms with E-state index < -0.39 is 0 Å². The van der Waals surface area contributed by atoms with Gasteiger partial charge in [-0.3, -0.25) is 4.98 Å². The van der Waals surface area contributed by atoms with Crippen LogP contribution in [0.3, 0.4) is 0 Å². The second kappa shape index (κ2) is 3.42. The van der Waals surface area contributed by atoms with Crippen LogP contribution in [0.25, 0.3) is 5.57 Å². The van der Waals surface area contributed by atoms with Gasteiger partial charge < -0.3 is 0 Å². The summed E-state index contributed by atoms with van der Waals surface area (Å²) in [7, 11) is 0. The fourth-order valence-corrected chi connectivity index (χ4v) is 1.18. The number of nitrogens with zero attached hydrogens (tertiary/aromatic N) is 1. The van der Waals surface area contributed by atoms with E-state index in [1.54, 1.807) is 6.20 Å². The van der Waals surface area contributed by atoms with E-state index in [0.29, 0.717) is 0 Å². The van der Waals surface area contributed by atoms with Gasteiger partial charge in [0.2, 0.25) is 0 Å². The standard InChI is InChI=1S/C12H10N/c1-10-5-7-11(8-6-10)12-4-2-3-9-13-12/h2-7,9H,1H3. The Kier molecular flexibility index (Phi) is 2.11. The molecule has 1 aromatic rings. The van der Waals surface area contributed by atoms with Gasteiger partial charge in [-0.15, -0.1) is 5.73 Å². The molecular formula is C12H10N. The van der Waals surface area contributed by atoms with Crippen molar-refractivity contribution in [3.05, 3.63) is 60.0 Å². The molecule has 0 fully saturated rings. The van der Waals surface area contributed by atoms with Gasteiger partial charge in [0, 0.05) is 17.7 Å². The third-order valence-electron chi connectivity index (χ3n) is 1.91. The number of hydrogen-bond donors (Lipinski definition) is 0. The van der Waals surface area contributed by atoms with Gasteiger partial charge in [0.15, 0.2) is 0 Å². The maximum Gasteiger partial charge on any atom is 0.0779 e. The first-order valence-electron chi connectivity index (χ1n) is 4.26. The van der Waals surface area contributed by atoms with Gasteiger partial charge in [0.1, 0.15) is 0 Å². The quantitative estimate of drug-likeness (QED) is 0.587. The van der Waals surface area contributed by atoms with E-state index in [1.165, 1.54) is 5.92 Å². The SMILES string of the molecule is C[C]1C=C=C(c2ccccn2)C=C1. The lowest BCUT2D eigenvalue weighted by molar-refractivity contribution is 1.27. The van der Waals surface area contributed by atoms with Crippen LogP contribution in [0.15, 0.2) is 48.4 Å². The van der Waals surface area contributed by atoms with Crippen molar-refractivity contribution < 1.29 is 0 Å². The molecule has 1 heteroatoms. The molecule has 1 nitrogen and oxygen atoms in total. The zero-order valence-electron chi connectivity index (χ0n) is 7.49. The summed E-state index contributed by atoms with van der Waals surface area (Å²) < 4.78 is 0. The molecule has 0 unspecified atom stereocenters. The highest BCUT2D eigenvalue weighted by Crippen LogP contribution is 2.17. The van der Waals surface area contributed by atoms with Crippen LogP contribution in [-0.2, 0) is 0 Å². The number of allylic oxidation sites excluding steroid dienone is 3. The second-order valence-corrected chi connectivity index (χ2v) is 2.99. The van der Waals surface area contributed by atoms with Gasteiger partial charge in [-0.05, 0) is 24.3 Å². The van der Waals surface area contributed by atoms with Crippen LogP contribution in [-0.4, -0.2) is 4.98 Å². The summed E-state index contributed by atoms with van der Waals surface area (Å²) in [4.78, 5) is 4.25. The monoisotopic (exact) mass is 168 g/mol. The van der Waals surface area contributed by atoms with E-state index in [1.807, 2.05) is 30.4 Å². The fraction of sp³-hybridized carbons (Fsp3) is 0.0833. The van der Waals surface area contributed by atoms with Gasteiger partial charge in [-0.25, -0.2) is 0 Å². The molecule has 63 valence electrons. The van der Waals surface area contributed by atoms with Crippen molar-refractivity contribution in [1.82, 2.24) is 4.98 Å². The van der Waals surface area contributed by atoms with E-state index in [0.717, 1.165) is 11.3 Å². The minimum absolute atomic E-state index is 0.975. The Balaban J connectivity index is 2.40. The average Bonchev–Trinajstić information content (AvgIpc) is 2.20. The smallest absolute Gasteiger partial charge is 0.0779 e. The molecule has 1 aliphatic rings. The van der Waals surface area contributed by atoms with E-state index in [2.05, 4.69) is 23.7 Å². The van der Waals surface area contributed by atoms with E-state index in [9.17, 15) is 0 Å². The Hall–Kier alpha value is -1.59. The highest BCUT2D eigenvalue weighted by Gasteiger charge is 2.01. The third-order valence-corrected chi connectivity index (χ3v) is 1.91. The number of pyridine rings is 1. The lowest BCUT2D eigenvalue weighted by Gasteiger charge is -2.03. The van der Waals surface area contributed by atoms with Crippen molar-refractivity contribution in [2.24, 2.45) is 0 Å². The predicted octanol–water partition coefficient (Wildman–Crippen LogP) is 2.78. The molecule has 0 saturated heterocycles. The van der Waals surface area contributed by atoms with Crippen LogP contribution in [0, 0.1) is 5.92 Å². The predicted molar refractivity (Wildman–Crippen MR) is 53.8 cm³/mol. The first-order chi connectivity index (χ1) is 6.36. The lowest BCUT2D eigenvalue weighted by atomic mass is 10.0. The van der Waals surface area contributed by atoms with Crippen LogP contribution < -0.4 is 0 Å². The van der Waals surface area contributed by atoms with Crippen LogP contribution in [0.1, 0.15) is 12.6 Å². The largest absolute Gasteiger partial charge is 0.256 e. The summed E-state index contributed by atoms with van der Waals surface area (Å²) >= 11 is 0. The molecule has 0 bridgehead atoms. The molecule has 2 rings (SSSR count). The first-order valence-corrected chi connectivity index (χ1v) is 4.26. The second-order valence-electron chi connectivity index (χ2n) is 2.99. The van der Waals surface area contributed by atoms with Crippen LogP contribution in [0.5, 0.6) is 0 Å². The molecule has 0 saturated carbocycles. The first kappa shape index (κ1) is 8.03. The Bertz CT molecular complexity index is 381. The summed E-state index contributed by atoms with van der Waals surface area (Å²) in [5.74, 6) is 1.22. The van der Waals surface area contributed by atoms with Crippen molar-refractivity contribution in [3.63, 3.8) is 0 Å². The van der Waals surface area contributed by atoms with Crippen LogP contribution in [0.4, 0.5) is 0 Å². The fourth-order valence-electron chi connectivity index (χ4n) is 1.18. The molecule has 1 aliphatic carbocycles. The highest BCUT2D eigenvalue weighted by molar-refractivity contribution is 5.73. The summed E-state index contributed by atoms with van der Waals surface area (Å²) in [6, 6.07) is 5.88. The Labute approximate surface area is 78.1 Å². The molecule has 1 heterocycles. The van der Waals surface area contributed by atoms with E-state index in [4.69, 9.17) is 0 Å². The van der Waals surface area contributed by atoms with E-state index >= 15 is 0 Å². The highest BCUT2D eigenvalue weighted by atomic mass is 14.7. The minimum atomic E-state index is 0.975. The molecule has 0 aromatic carbocycles. The number of hydrogen-bond acceptors (Lipinski definition) is 1. The molecule has 0 spiro atoms. The summed E-state index contributed by atoms with van der Waals surface area (Å²) in [5, 5.41) is 0. The zero-order chi connectivity index (χ0) is 9.10. The molecule has 0 N–H and O–H groups in total. The Morgan fingerprint density at radius 3 is 2.77 bits per heavy atom. The van der Waals surface area contributed by atoms with Gasteiger partial charge in [0.05, 0.1) is 5.69 Å². The van der Waals surface area contributed by atoms with Crippen molar-refractivity contribution in [1.29, 1.82) is 0 Å². The Morgan fingerprint density at radius 2 is 2.15 bits per heavy atom. The van der Waals surface area contributed by atoms with E-state index in [-0.39, 0.29) is 0 Å². The van der Waals surface area contributed by atoms with Crippen LogP contribution >= 0.6 is 0 Å². The normalized spacial score (nSPS) is 15.9. The van der Waals surface area contributed by atoms with Gasteiger partial charge in [-0.2, -0.15) is 0 Å².